The molecule has 1 amide bonds. The minimum absolute atomic E-state index is 0.0456. The van der Waals surface area contributed by atoms with Crippen molar-refractivity contribution in [3.05, 3.63) is 52.8 Å². The van der Waals surface area contributed by atoms with Crippen molar-refractivity contribution in [3.63, 3.8) is 0 Å². The van der Waals surface area contributed by atoms with E-state index in [1.807, 2.05) is 24.9 Å². The molecule has 0 spiro atoms. The Balaban J connectivity index is 1.58. The molecule has 1 aliphatic heterocycles. The molecule has 0 unspecified atom stereocenters. The zero-order valence-electron chi connectivity index (χ0n) is 14.1. The summed E-state index contributed by atoms with van der Waals surface area (Å²) >= 11 is 0. The molecule has 5 heteroatoms. The molecule has 5 nitrogen and oxygen atoms in total. The third kappa shape index (κ3) is 3.45. The maximum atomic E-state index is 12.5. The van der Waals surface area contributed by atoms with Gasteiger partial charge in [0.25, 0.3) is 5.91 Å². The van der Waals surface area contributed by atoms with Crippen molar-refractivity contribution < 1.29 is 4.79 Å². The quantitative estimate of drug-likeness (QED) is 0.870. The van der Waals surface area contributed by atoms with E-state index >= 15 is 0 Å². The molecular weight excluding hydrogens is 288 g/mol. The van der Waals surface area contributed by atoms with E-state index < -0.39 is 0 Å². The second-order valence-corrected chi connectivity index (χ2v) is 6.29. The van der Waals surface area contributed by atoms with Crippen LogP contribution in [0.2, 0.25) is 0 Å². The summed E-state index contributed by atoms with van der Waals surface area (Å²) in [6.45, 7) is 8.41. The predicted octanol–water partition coefficient (Wildman–Crippen LogP) is 1.99. The van der Waals surface area contributed by atoms with Gasteiger partial charge in [-0.25, -0.2) is 0 Å². The number of hydrogen-bond acceptors (Lipinski definition) is 3. The number of aryl methyl sites for hydroxylation is 3. The van der Waals surface area contributed by atoms with Crippen LogP contribution in [0.1, 0.15) is 27.3 Å². The van der Waals surface area contributed by atoms with Gasteiger partial charge in [-0.3, -0.25) is 14.4 Å². The third-order valence-electron chi connectivity index (χ3n) is 4.65. The predicted molar refractivity (Wildman–Crippen MR) is 90.3 cm³/mol. The molecule has 0 bridgehead atoms. The average Bonchev–Trinajstić information content (AvgIpc) is 2.89. The molecule has 0 atom stereocenters. The van der Waals surface area contributed by atoms with Crippen LogP contribution in [-0.4, -0.2) is 51.7 Å². The van der Waals surface area contributed by atoms with E-state index in [-0.39, 0.29) is 5.91 Å². The monoisotopic (exact) mass is 312 g/mol. The summed E-state index contributed by atoms with van der Waals surface area (Å²) < 4.78 is 1.75. The minimum atomic E-state index is 0.0456. The van der Waals surface area contributed by atoms with Crippen LogP contribution in [0.5, 0.6) is 0 Å². The fourth-order valence-corrected chi connectivity index (χ4v) is 2.96. The summed E-state index contributed by atoms with van der Waals surface area (Å²) in [6.07, 6.45) is 0. The third-order valence-corrected chi connectivity index (χ3v) is 4.65. The summed E-state index contributed by atoms with van der Waals surface area (Å²) in [5.41, 5.74) is 4.26. The van der Waals surface area contributed by atoms with Crippen molar-refractivity contribution in [2.24, 2.45) is 7.05 Å². The number of rotatable bonds is 3. The van der Waals surface area contributed by atoms with Crippen molar-refractivity contribution in [2.75, 3.05) is 26.2 Å². The van der Waals surface area contributed by atoms with Crippen molar-refractivity contribution in [1.82, 2.24) is 19.6 Å². The van der Waals surface area contributed by atoms with Gasteiger partial charge in [0.15, 0.2) is 5.69 Å². The SMILES string of the molecule is Cc1ccccc1CN1CCN(C(=O)c2cc(C)n(C)n2)CC1. The first-order valence-corrected chi connectivity index (χ1v) is 8.11. The summed E-state index contributed by atoms with van der Waals surface area (Å²) in [7, 11) is 1.87. The molecule has 0 N–H and O–H groups in total. The molecular formula is C18H24N4O. The van der Waals surface area contributed by atoms with Crippen molar-refractivity contribution in [1.29, 1.82) is 0 Å². The number of carbonyl (C=O) groups is 1. The Hall–Kier alpha value is -2.14. The molecule has 3 rings (SSSR count). The maximum absolute atomic E-state index is 12.5. The van der Waals surface area contributed by atoms with Crippen LogP contribution in [0.3, 0.4) is 0 Å². The molecule has 1 saturated heterocycles. The molecule has 23 heavy (non-hydrogen) atoms. The molecule has 1 aromatic heterocycles. The first-order valence-electron chi connectivity index (χ1n) is 8.11. The van der Waals surface area contributed by atoms with Gasteiger partial charge in [-0.2, -0.15) is 5.10 Å². The molecule has 1 aromatic carbocycles. The van der Waals surface area contributed by atoms with Gasteiger partial charge in [-0.05, 0) is 31.0 Å². The normalized spacial score (nSPS) is 15.9. The number of nitrogens with zero attached hydrogens (tertiary/aromatic N) is 4. The van der Waals surface area contributed by atoms with Crippen molar-refractivity contribution in [2.45, 2.75) is 20.4 Å². The van der Waals surface area contributed by atoms with Crippen LogP contribution in [0.15, 0.2) is 30.3 Å². The van der Waals surface area contributed by atoms with E-state index in [0.29, 0.717) is 5.69 Å². The Morgan fingerprint density at radius 2 is 1.83 bits per heavy atom. The Bertz CT molecular complexity index is 679. The van der Waals surface area contributed by atoms with E-state index in [1.165, 1.54) is 11.1 Å². The Labute approximate surface area is 137 Å². The van der Waals surface area contributed by atoms with Gasteiger partial charge >= 0.3 is 0 Å². The van der Waals surface area contributed by atoms with Gasteiger partial charge in [-0.15, -0.1) is 0 Å². The van der Waals surface area contributed by atoms with Gasteiger partial charge in [0.1, 0.15) is 0 Å². The lowest BCUT2D eigenvalue weighted by molar-refractivity contribution is 0.0621. The molecule has 0 aliphatic carbocycles. The number of amides is 1. The highest BCUT2D eigenvalue weighted by Crippen LogP contribution is 2.14. The van der Waals surface area contributed by atoms with Crippen LogP contribution >= 0.6 is 0 Å². The lowest BCUT2D eigenvalue weighted by Crippen LogP contribution is -2.48. The van der Waals surface area contributed by atoms with E-state index in [0.717, 1.165) is 38.4 Å². The summed E-state index contributed by atoms with van der Waals surface area (Å²) in [4.78, 5) is 16.8. The lowest BCUT2D eigenvalue weighted by atomic mass is 10.1. The molecule has 0 radical (unpaired) electrons. The maximum Gasteiger partial charge on any atom is 0.274 e. The van der Waals surface area contributed by atoms with E-state index in [4.69, 9.17) is 0 Å². The fraction of sp³-hybridized carbons (Fsp3) is 0.444. The number of carbonyl (C=O) groups excluding carboxylic acids is 1. The molecule has 1 fully saturated rings. The lowest BCUT2D eigenvalue weighted by Gasteiger charge is -2.34. The second kappa shape index (κ2) is 6.54. The van der Waals surface area contributed by atoms with Crippen LogP contribution in [0.4, 0.5) is 0 Å². The largest absolute Gasteiger partial charge is 0.335 e. The van der Waals surface area contributed by atoms with Gasteiger partial charge in [0, 0.05) is 45.5 Å². The Morgan fingerprint density at radius 1 is 1.13 bits per heavy atom. The average molecular weight is 312 g/mol. The van der Waals surface area contributed by atoms with Gasteiger partial charge in [0.05, 0.1) is 0 Å². The fourth-order valence-electron chi connectivity index (χ4n) is 2.96. The molecule has 2 aromatic rings. The van der Waals surface area contributed by atoms with Gasteiger partial charge in [0.2, 0.25) is 0 Å². The van der Waals surface area contributed by atoms with Crippen LogP contribution in [0.25, 0.3) is 0 Å². The highest BCUT2D eigenvalue weighted by Gasteiger charge is 2.24. The standard InChI is InChI=1S/C18H24N4O/c1-14-6-4-5-7-16(14)13-21-8-10-22(11-9-21)18(23)17-12-15(2)20(3)19-17/h4-7,12H,8-11,13H2,1-3H3. The Morgan fingerprint density at radius 3 is 2.43 bits per heavy atom. The number of hydrogen-bond donors (Lipinski definition) is 0. The first kappa shape index (κ1) is 15.7. The van der Waals surface area contributed by atoms with E-state index in [9.17, 15) is 4.79 Å². The second-order valence-electron chi connectivity index (χ2n) is 6.29. The number of aromatic nitrogens is 2. The number of piperazine rings is 1. The topological polar surface area (TPSA) is 41.4 Å². The minimum Gasteiger partial charge on any atom is -0.335 e. The highest BCUT2D eigenvalue weighted by molar-refractivity contribution is 5.92. The van der Waals surface area contributed by atoms with E-state index in [1.54, 1.807) is 4.68 Å². The van der Waals surface area contributed by atoms with Crippen LogP contribution in [0, 0.1) is 13.8 Å². The molecule has 122 valence electrons. The van der Waals surface area contributed by atoms with Gasteiger partial charge < -0.3 is 4.90 Å². The van der Waals surface area contributed by atoms with Crippen molar-refractivity contribution >= 4 is 5.91 Å². The summed E-state index contributed by atoms with van der Waals surface area (Å²) in [5.74, 6) is 0.0456. The zero-order valence-corrected chi connectivity index (χ0v) is 14.1. The van der Waals surface area contributed by atoms with Crippen molar-refractivity contribution in [3.8, 4) is 0 Å². The summed E-state index contributed by atoms with van der Waals surface area (Å²) in [5, 5.41) is 4.30. The number of benzene rings is 1. The molecule has 0 saturated carbocycles. The molecule has 1 aliphatic rings. The Kier molecular flexibility index (Phi) is 4.48. The van der Waals surface area contributed by atoms with E-state index in [2.05, 4.69) is 41.2 Å². The highest BCUT2D eigenvalue weighted by atomic mass is 16.2. The first-order chi connectivity index (χ1) is 11.0. The smallest absolute Gasteiger partial charge is 0.274 e. The molecule has 2 heterocycles. The van der Waals surface area contributed by atoms with Crippen LogP contribution < -0.4 is 0 Å². The van der Waals surface area contributed by atoms with Crippen LogP contribution in [-0.2, 0) is 13.6 Å². The van der Waals surface area contributed by atoms with Gasteiger partial charge in [-0.1, -0.05) is 24.3 Å². The summed E-state index contributed by atoms with van der Waals surface area (Å²) in [6, 6.07) is 10.4. The zero-order chi connectivity index (χ0) is 16.4.